The molecule has 1 aromatic carbocycles. The number of aromatic nitrogens is 1. The molecule has 8 heteroatoms. The van der Waals surface area contributed by atoms with Crippen molar-refractivity contribution in [2.45, 2.75) is 50.6 Å². The molecule has 1 atom stereocenters. The van der Waals surface area contributed by atoms with Crippen LogP contribution in [0.15, 0.2) is 42.6 Å². The van der Waals surface area contributed by atoms with Crippen LogP contribution in [0.3, 0.4) is 0 Å². The number of hydrogen-bond donors (Lipinski definition) is 2. The SMILES string of the molecule is Cn1cccc1C(=O)N1CCCCC1CCOC(=O)c1ccc(NC(=O)NC2CC2)cc1. The zero-order chi connectivity index (χ0) is 22.5. The summed E-state index contributed by atoms with van der Waals surface area (Å²) in [5.41, 5.74) is 1.73. The lowest BCUT2D eigenvalue weighted by Crippen LogP contribution is -2.44. The zero-order valence-corrected chi connectivity index (χ0v) is 18.4. The van der Waals surface area contributed by atoms with Crippen molar-refractivity contribution in [3.8, 4) is 0 Å². The number of likely N-dealkylation sites (tertiary alicyclic amines) is 1. The molecule has 2 heterocycles. The van der Waals surface area contributed by atoms with Crippen LogP contribution in [0.2, 0.25) is 0 Å². The molecule has 2 fully saturated rings. The topological polar surface area (TPSA) is 92.7 Å². The number of urea groups is 1. The molecule has 1 aromatic heterocycles. The van der Waals surface area contributed by atoms with Crippen molar-refractivity contribution < 1.29 is 19.1 Å². The lowest BCUT2D eigenvalue weighted by Gasteiger charge is -2.35. The maximum atomic E-state index is 12.9. The number of nitrogens with one attached hydrogen (secondary N) is 2. The highest BCUT2D eigenvalue weighted by Gasteiger charge is 2.28. The second kappa shape index (κ2) is 9.89. The van der Waals surface area contributed by atoms with Crippen molar-refractivity contribution in [3.63, 3.8) is 0 Å². The molecule has 1 unspecified atom stereocenters. The van der Waals surface area contributed by atoms with Crippen LogP contribution < -0.4 is 10.6 Å². The highest BCUT2D eigenvalue weighted by molar-refractivity contribution is 5.93. The van der Waals surface area contributed by atoms with Crippen LogP contribution >= 0.6 is 0 Å². The molecule has 1 aliphatic heterocycles. The molecule has 3 amide bonds. The summed E-state index contributed by atoms with van der Waals surface area (Å²) in [4.78, 5) is 39.1. The van der Waals surface area contributed by atoms with Crippen molar-refractivity contribution >= 4 is 23.6 Å². The van der Waals surface area contributed by atoms with E-state index < -0.39 is 5.97 Å². The fourth-order valence-electron chi connectivity index (χ4n) is 4.04. The molecule has 2 N–H and O–H groups in total. The van der Waals surface area contributed by atoms with E-state index in [1.54, 1.807) is 24.3 Å². The van der Waals surface area contributed by atoms with Gasteiger partial charge < -0.3 is 24.8 Å². The smallest absolute Gasteiger partial charge is 0.338 e. The van der Waals surface area contributed by atoms with Gasteiger partial charge >= 0.3 is 12.0 Å². The Labute approximate surface area is 187 Å². The molecule has 0 radical (unpaired) electrons. The number of aryl methyl sites for hydroxylation is 1. The van der Waals surface area contributed by atoms with Crippen LogP contribution in [-0.4, -0.2) is 52.6 Å². The fraction of sp³-hybridized carbons (Fsp3) is 0.458. The number of ether oxygens (including phenoxy) is 1. The summed E-state index contributed by atoms with van der Waals surface area (Å²) in [6.07, 6.45) is 7.51. The summed E-state index contributed by atoms with van der Waals surface area (Å²) in [7, 11) is 1.87. The molecular weight excluding hydrogens is 408 g/mol. The quantitative estimate of drug-likeness (QED) is 0.647. The highest BCUT2D eigenvalue weighted by Crippen LogP contribution is 2.23. The van der Waals surface area contributed by atoms with E-state index in [-0.39, 0.29) is 30.6 Å². The van der Waals surface area contributed by atoms with E-state index in [4.69, 9.17) is 4.74 Å². The number of anilines is 1. The number of piperidine rings is 1. The second-order valence-corrected chi connectivity index (χ2v) is 8.53. The van der Waals surface area contributed by atoms with E-state index in [2.05, 4.69) is 10.6 Å². The van der Waals surface area contributed by atoms with Gasteiger partial charge in [0.1, 0.15) is 5.69 Å². The molecule has 1 aliphatic carbocycles. The summed E-state index contributed by atoms with van der Waals surface area (Å²) >= 11 is 0. The molecule has 4 rings (SSSR count). The summed E-state index contributed by atoms with van der Waals surface area (Å²) in [6.45, 7) is 0.982. The predicted octanol–water partition coefficient (Wildman–Crippen LogP) is 3.55. The Morgan fingerprint density at radius 1 is 1.06 bits per heavy atom. The van der Waals surface area contributed by atoms with Gasteiger partial charge in [0.25, 0.3) is 5.91 Å². The number of benzene rings is 1. The average molecular weight is 439 g/mol. The first-order valence-electron chi connectivity index (χ1n) is 11.3. The van der Waals surface area contributed by atoms with Gasteiger partial charge in [-0.15, -0.1) is 0 Å². The first kappa shape index (κ1) is 21.9. The van der Waals surface area contributed by atoms with E-state index in [0.29, 0.717) is 23.4 Å². The minimum Gasteiger partial charge on any atom is -0.462 e. The van der Waals surface area contributed by atoms with Crippen molar-refractivity contribution in [1.82, 2.24) is 14.8 Å². The maximum absolute atomic E-state index is 12.9. The third-order valence-electron chi connectivity index (χ3n) is 6.03. The number of rotatable bonds is 7. The second-order valence-electron chi connectivity index (χ2n) is 8.53. The molecule has 0 bridgehead atoms. The first-order chi connectivity index (χ1) is 15.5. The Morgan fingerprint density at radius 2 is 1.84 bits per heavy atom. The van der Waals surface area contributed by atoms with Crippen molar-refractivity contribution in [2.24, 2.45) is 7.05 Å². The third kappa shape index (κ3) is 5.49. The zero-order valence-electron chi connectivity index (χ0n) is 18.4. The minimum atomic E-state index is -0.407. The van der Waals surface area contributed by atoms with Gasteiger partial charge in [-0.3, -0.25) is 4.79 Å². The Morgan fingerprint density at radius 3 is 2.53 bits per heavy atom. The van der Waals surface area contributed by atoms with Gasteiger partial charge in [-0.1, -0.05) is 0 Å². The number of esters is 1. The first-order valence-corrected chi connectivity index (χ1v) is 11.3. The van der Waals surface area contributed by atoms with Crippen LogP contribution in [0.25, 0.3) is 0 Å². The predicted molar refractivity (Wildman–Crippen MR) is 121 cm³/mol. The minimum absolute atomic E-state index is 0.0299. The van der Waals surface area contributed by atoms with Crippen LogP contribution in [0.5, 0.6) is 0 Å². The number of carbonyl (C=O) groups is 3. The number of amides is 3. The molecule has 1 saturated carbocycles. The largest absolute Gasteiger partial charge is 0.462 e. The Bertz CT molecular complexity index is 965. The van der Waals surface area contributed by atoms with Crippen LogP contribution in [0, 0.1) is 0 Å². The van der Waals surface area contributed by atoms with E-state index in [1.807, 2.05) is 34.8 Å². The van der Waals surface area contributed by atoms with Crippen LogP contribution in [0.4, 0.5) is 10.5 Å². The Balaban J connectivity index is 1.26. The average Bonchev–Trinajstić information content (AvgIpc) is 3.50. The molecule has 2 aromatic rings. The van der Waals surface area contributed by atoms with Gasteiger partial charge in [-0.25, -0.2) is 9.59 Å². The summed E-state index contributed by atoms with van der Waals surface area (Å²) in [5, 5.41) is 5.61. The van der Waals surface area contributed by atoms with E-state index in [1.165, 1.54) is 0 Å². The molecule has 170 valence electrons. The van der Waals surface area contributed by atoms with E-state index in [9.17, 15) is 14.4 Å². The molecule has 32 heavy (non-hydrogen) atoms. The molecule has 2 aliphatic rings. The number of nitrogens with zero attached hydrogens (tertiary/aromatic N) is 2. The van der Waals surface area contributed by atoms with Gasteiger partial charge in [0, 0.05) is 44.0 Å². The van der Waals surface area contributed by atoms with Gasteiger partial charge in [-0.2, -0.15) is 0 Å². The lowest BCUT2D eigenvalue weighted by atomic mass is 9.99. The molecule has 8 nitrogen and oxygen atoms in total. The van der Waals surface area contributed by atoms with Gasteiger partial charge in [-0.05, 0) is 68.5 Å². The fourth-order valence-corrected chi connectivity index (χ4v) is 4.04. The van der Waals surface area contributed by atoms with Crippen molar-refractivity contribution in [3.05, 3.63) is 53.9 Å². The molecule has 0 spiro atoms. The maximum Gasteiger partial charge on any atom is 0.338 e. The van der Waals surface area contributed by atoms with E-state index in [0.717, 1.165) is 38.6 Å². The standard InChI is InChI=1S/C24H30N4O4/c1-27-14-4-6-21(27)22(29)28-15-3-2-5-20(28)13-16-32-23(30)17-7-9-18(10-8-17)25-24(31)26-19-11-12-19/h4,6-10,14,19-20H,2-3,5,11-13,15-16H2,1H3,(H2,25,26,31). The van der Waals surface area contributed by atoms with Crippen molar-refractivity contribution in [1.29, 1.82) is 0 Å². The summed E-state index contributed by atoms with van der Waals surface area (Å²) in [5.74, 6) is -0.377. The Kier molecular flexibility index (Phi) is 6.78. The van der Waals surface area contributed by atoms with Crippen LogP contribution in [0.1, 0.15) is 59.4 Å². The van der Waals surface area contributed by atoms with Gasteiger partial charge in [0.15, 0.2) is 0 Å². The number of hydrogen-bond acceptors (Lipinski definition) is 4. The lowest BCUT2D eigenvalue weighted by molar-refractivity contribution is 0.0406. The summed E-state index contributed by atoms with van der Waals surface area (Å²) in [6, 6.07) is 10.5. The Hall–Kier alpha value is -3.29. The van der Waals surface area contributed by atoms with Gasteiger partial charge in [0.2, 0.25) is 0 Å². The monoisotopic (exact) mass is 438 g/mol. The number of carbonyl (C=O) groups excluding carboxylic acids is 3. The van der Waals surface area contributed by atoms with Crippen LogP contribution in [-0.2, 0) is 11.8 Å². The highest BCUT2D eigenvalue weighted by atomic mass is 16.5. The normalized spacial score (nSPS) is 18.2. The molecular formula is C24H30N4O4. The third-order valence-corrected chi connectivity index (χ3v) is 6.03. The van der Waals surface area contributed by atoms with E-state index >= 15 is 0 Å². The van der Waals surface area contributed by atoms with Gasteiger partial charge in [0.05, 0.1) is 12.2 Å². The van der Waals surface area contributed by atoms with Crippen molar-refractivity contribution in [2.75, 3.05) is 18.5 Å². The summed E-state index contributed by atoms with van der Waals surface area (Å²) < 4.78 is 7.31. The molecule has 1 saturated heterocycles.